The molecule has 0 saturated carbocycles. The molecule has 2 atom stereocenters. The fourth-order valence-electron chi connectivity index (χ4n) is 5.15. The minimum atomic E-state index is -0.148. The highest BCUT2D eigenvalue weighted by atomic mass is 16.6. The van der Waals surface area contributed by atoms with Crippen molar-refractivity contribution >= 4 is 16.7 Å². The third-order valence-electron chi connectivity index (χ3n) is 6.93. The summed E-state index contributed by atoms with van der Waals surface area (Å²) in [7, 11) is 0. The van der Waals surface area contributed by atoms with Crippen molar-refractivity contribution in [3.8, 4) is 5.69 Å². The van der Waals surface area contributed by atoms with Crippen LogP contribution < -0.4 is 0 Å². The van der Waals surface area contributed by atoms with E-state index in [9.17, 15) is 0 Å². The van der Waals surface area contributed by atoms with E-state index in [4.69, 9.17) is 19.8 Å². The van der Waals surface area contributed by atoms with Gasteiger partial charge >= 0.3 is 0 Å². The number of rotatable bonds is 5. The summed E-state index contributed by atoms with van der Waals surface area (Å²) in [6, 6.07) is 22.8. The van der Waals surface area contributed by atoms with Gasteiger partial charge in [0.25, 0.3) is 0 Å². The summed E-state index contributed by atoms with van der Waals surface area (Å²) in [6.07, 6.45) is 7.80. The third kappa shape index (κ3) is 3.85. The van der Waals surface area contributed by atoms with Crippen LogP contribution in [0.5, 0.6) is 0 Å². The molecule has 5 aromatic rings. The molecule has 36 heavy (non-hydrogen) atoms. The molecule has 6 rings (SSSR count). The minimum absolute atomic E-state index is 0.0331. The Morgan fingerprint density at radius 3 is 2.14 bits per heavy atom. The Kier molecular flexibility index (Phi) is 5.56. The zero-order chi connectivity index (χ0) is 24.6. The summed E-state index contributed by atoms with van der Waals surface area (Å²) in [5, 5.41) is 5.30. The predicted molar refractivity (Wildman–Crippen MR) is 142 cm³/mol. The van der Waals surface area contributed by atoms with E-state index in [2.05, 4.69) is 72.2 Å². The number of pyridine rings is 3. The highest BCUT2D eigenvalue weighted by Crippen LogP contribution is 2.38. The van der Waals surface area contributed by atoms with Crippen LogP contribution in [0.3, 0.4) is 0 Å². The van der Waals surface area contributed by atoms with Crippen molar-refractivity contribution in [1.29, 1.82) is 0 Å². The molecule has 1 aromatic carbocycles. The Balaban J connectivity index is 1.62. The second kappa shape index (κ2) is 9.04. The zero-order valence-electron chi connectivity index (χ0n) is 20.5. The molecule has 0 radical (unpaired) electrons. The van der Waals surface area contributed by atoms with Gasteiger partial charge in [-0.05, 0) is 74.4 Å². The maximum atomic E-state index is 5.58. The smallest absolute Gasteiger partial charge is 0.144 e. The van der Waals surface area contributed by atoms with E-state index >= 15 is 0 Å². The van der Waals surface area contributed by atoms with E-state index in [1.54, 1.807) is 0 Å². The number of hydrogen-bond acceptors (Lipinski definition) is 5. The van der Waals surface area contributed by atoms with E-state index in [1.165, 1.54) is 5.56 Å². The molecule has 0 spiro atoms. The molecular weight excluding hydrogens is 446 g/mol. The summed E-state index contributed by atoms with van der Waals surface area (Å²) in [5.74, 6) is -0.0775. The molecule has 0 amide bonds. The number of aryl methyl sites for hydroxylation is 1. The van der Waals surface area contributed by atoms with E-state index < -0.39 is 0 Å². The first-order valence-electron chi connectivity index (χ1n) is 12.2. The molecule has 0 bridgehead atoms. The Labute approximate surface area is 210 Å². The van der Waals surface area contributed by atoms with Gasteiger partial charge in [0.2, 0.25) is 0 Å². The summed E-state index contributed by atoms with van der Waals surface area (Å²) >= 11 is 0. The summed E-state index contributed by atoms with van der Waals surface area (Å²) < 4.78 is 2.17. The molecule has 1 aliphatic rings. The predicted octanol–water partition coefficient (Wildman–Crippen LogP) is 6.18. The molecule has 5 heterocycles. The lowest BCUT2D eigenvalue weighted by molar-refractivity contribution is 0.0904. The molecule has 178 valence electrons. The van der Waals surface area contributed by atoms with Crippen molar-refractivity contribution in [3.63, 3.8) is 0 Å². The van der Waals surface area contributed by atoms with Crippen LogP contribution in [0.15, 0.2) is 96.7 Å². The third-order valence-corrected chi connectivity index (χ3v) is 6.93. The number of fused-ring (bicyclic) bond motifs is 1. The zero-order valence-corrected chi connectivity index (χ0v) is 20.5. The van der Waals surface area contributed by atoms with Gasteiger partial charge < -0.3 is 9.40 Å². The van der Waals surface area contributed by atoms with E-state index in [0.717, 1.165) is 44.9 Å². The molecule has 0 N–H and O–H groups in total. The van der Waals surface area contributed by atoms with Crippen LogP contribution in [-0.2, 0) is 4.84 Å². The van der Waals surface area contributed by atoms with E-state index in [0.29, 0.717) is 0 Å². The fourth-order valence-corrected chi connectivity index (χ4v) is 5.15. The Hall–Kier alpha value is -4.32. The monoisotopic (exact) mass is 473 g/mol. The summed E-state index contributed by atoms with van der Waals surface area (Å²) in [6.45, 7) is 6.17. The van der Waals surface area contributed by atoms with Crippen molar-refractivity contribution < 1.29 is 4.84 Å². The van der Waals surface area contributed by atoms with Crippen molar-refractivity contribution in [1.82, 2.24) is 19.5 Å². The first-order chi connectivity index (χ1) is 17.6. The summed E-state index contributed by atoms with van der Waals surface area (Å²) in [4.78, 5) is 20.1. The topological polar surface area (TPSA) is 65.2 Å². The van der Waals surface area contributed by atoms with Crippen LogP contribution in [0.25, 0.3) is 16.7 Å². The van der Waals surface area contributed by atoms with E-state index in [-0.39, 0.29) is 17.9 Å². The number of oxime groups is 1. The Morgan fingerprint density at radius 1 is 0.861 bits per heavy atom. The second-order valence-electron chi connectivity index (χ2n) is 9.39. The first kappa shape index (κ1) is 22.2. The molecule has 6 heteroatoms. The summed E-state index contributed by atoms with van der Waals surface area (Å²) in [5.41, 5.74) is 8.24. The van der Waals surface area contributed by atoms with Crippen LogP contribution >= 0.6 is 0 Å². The Bertz CT molecular complexity index is 1500. The molecule has 0 saturated heterocycles. The largest absolute Gasteiger partial charge is 0.392 e. The molecular formula is C30H27N5O. The van der Waals surface area contributed by atoms with Crippen LogP contribution in [0, 0.1) is 6.92 Å². The molecule has 0 fully saturated rings. The molecule has 4 aromatic heterocycles. The second-order valence-corrected chi connectivity index (χ2v) is 9.39. The van der Waals surface area contributed by atoms with Crippen LogP contribution in [-0.4, -0.2) is 31.3 Å². The highest BCUT2D eigenvalue weighted by Gasteiger charge is 2.31. The van der Waals surface area contributed by atoms with Gasteiger partial charge in [0.05, 0.1) is 28.9 Å². The van der Waals surface area contributed by atoms with Crippen LogP contribution in [0.2, 0.25) is 0 Å². The Morgan fingerprint density at radius 2 is 1.56 bits per heavy atom. The van der Waals surface area contributed by atoms with Gasteiger partial charge in [0.1, 0.15) is 11.8 Å². The fraction of sp³-hybridized carbons (Fsp3) is 0.200. The lowest BCUT2D eigenvalue weighted by Gasteiger charge is -2.17. The standard InChI is InChI=1S/C30H27N5O/c1-19-10-12-23(13-11-19)35-18-25(29(26-8-4-6-14-31-26)27-9-5-7-15-32-27)24-16-22(17-33-30(24)35)28-20(2)34-36-21(28)3/h4-18,21,28-29H,1-3H3. The van der Waals surface area contributed by atoms with Crippen molar-refractivity contribution in [2.75, 3.05) is 0 Å². The van der Waals surface area contributed by atoms with Crippen LogP contribution in [0.4, 0.5) is 0 Å². The number of nitrogens with zero attached hydrogens (tertiary/aromatic N) is 5. The SMILES string of the molecule is CC1=NOC(C)C1c1cnc2c(c1)c(C(c1ccccn1)c1ccccn1)cn2-c1ccc(C)cc1. The molecule has 6 nitrogen and oxygen atoms in total. The quantitative estimate of drug-likeness (QED) is 0.306. The van der Waals surface area contributed by atoms with Gasteiger partial charge in [-0.25, -0.2) is 4.98 Å². The highest BCUT2D eigenvalue weighted by molar-refractivity contribution is 5.92. The van der Waals surface area contributed by atoms with E-state index in [1.807, 2.05) is 49.8 Å². The van der Waals surface area contributed by atoms with Gasteiger partial charge in [-0.2, -0.15) is 0 Å². The molecule has 0 aliphatic carbocycles. The van der Waals surface area contributed by atoms with Crippen molar-refractivity contribution in [2.45, 2.75) is 38.7 Å². The van der Waals surface area contributed by atoms with Gasteiger partial charge in [0, 0.05) is 35.9 Å². The van der Waals surface area contributed by atoms with Gasteiger partial charge in [0.15, 0.2) is 0 Å². The molecule has 2 unspecified atom stereocenters. The molecule has 1 aliphatic heterocycles. The van der Waals surface area contributed by atoms with Crippen LogP contribution in [0.1, 0.15) is 53.8 Å². The lowest BCUT2D eigenvalue weighted by atomic mass is 9.88. The maximum absolute atomic E-state index is 5.58. The normalized spacial score (nSPS) is 17.4. The average Bonchev–Trinajstić information content (AvgIpc) is 3.45. The lowest BCUT2D eigenvalue weighted by Crippen LogP contribution is -2.16. The number of hydrogen-bond donors (Lipinski definition) is 0. The maximum Gasteiger partial charge on any atom is 0.144 e. The van der Waals surface area contributed by atoms with Crippen molar-refractivity contribution in [2.24, 2.45) is 5.16 Å². The van der Waals surface area contributed by atoms with Gasteiger partial charge in [-0.1, -0.05) is 35.0 Å². The van der Waals surface area contributed by atoms with Crippen molar-refractivity contribution in [3.05, 3.63) is 120 Å². The van der Waals surface area contributed by atoms with Gasteiger partial charge in [-0.15, -0.1) is 0 Å². The number of aromatic nitrogens is 4. The first-order valence-corrected chi connectivity index (χ1v) is 12.2. The van der Waals surface area contributed by atoms with Gasteiger partial charge in [-0.3, -0.25) is 9.97 Å². The minimum Gasteiger partial charge on any atom is -0.392 e. The number of benzene rings is 1. The average molecular weight is 474 g/mol.